The van der Waals surface area contributed by atoms with Gasteiger partial charge in [-0.25, -0.2) is 0 Å². The van der Waals surface area contributed by atoms with Crippen molar-refractivity contribution >= 4 is 28.4 Å². The summed E-state index contributed by atoms with van der Waals surface area (Å²) in [5.74, 6) is 0.778. The molecule has 1 aliphatic heterocycles. The molecule has 3 aromatic rings. The first-order chi connectivity index (χ1) is 12.7. The zero-order valence-corrected chi connectivity index (χ0v) is 15.3. The summed E-state index contributed by atoms with van der Waals surface area (Å²) in [6, 6.07) is 17.9. The number of benzene rings is 2. The van der Waals surface area contributed by atoms with Gasteiger partial charge < -0.3 is 10.5 Å². The third kappa shape index (κ3) is 2.95. The normalized spacial score (nSPS) is 14.7. The van der Waals surface area contributed by atoms with Crippen LogP contribution in [0.15, 0.2) is 60.8 Å². The van der Waals surface area contributed by atoms with Crippen LogP contribution in [-0.2, 0) is 6.61 Å². The number of nitrogens with two attached hydrogens (primary N) is 1. The third-order valence-electron chi connectivity index (χ3n) is 4.63. The summed E-state index contributed by atoms with van der Waals surface area (Å²) in [5.41, 5.74) is 13.3. The molecule has 4 heteroatoms. The van der Waals surface area contributed by atoms with E-state index in [2.05, 4.69) is 24.0 Å². The van der Waals surface area contributed by atoms with E-state index in [-0.39, 0.29) is 0 Å². The average Bonchev–Trinajstić information content (AvgIpc) is 2.80. The Hall–Kier alpha value is -2.78. The van der Waals surface area contributed by atoms with Gasteiger partial charge in [0.25, 0.3) is 0 Å². The van der Waals surface area contributed by atoms with Gasteiger partial charge in [0.2, 0.25) is 0 Å². The van der Waals surface area contributed by atoms with E-state index >= 15 is 0 Å². The highest BCUT2D eigenvalue weighted by Gasteiger charge is 2.23. The van der Waals surface area contributed by atoms with Crippen molar-refractivity contribution in [3.8, 4) is 5.75 Å². The molecule has 1 aromatic heterocycles. The number of halogens is 1. The molecule has 4 rings (SSSR count). The molecule has 0 saturated carbocycles. The van der Waals surface area contributed by atoms with Crippen LogP contribution in [0.2, 0.25) is 5.02 Å². The van der Waals surface area contributed by atoms with Gasteiger partial charge in [-0.1, -0.05) is 36.7 Å². The predicted octanol–water partition coefficient (Wildman–Crippen LogP) is 5.58. The Morgan fingerprint density at radius 3 is 2.81 bits per heavy atom. The highest BCUT2D eigenvalue weighted by molar-refractivity contribution is 6.30. The molecule has 2 heterocycles. The van der Waals surface area contributed by atoms with E-state index in [4.69, 9.17) is 22.1 Å². The maximum absolute atomic E-state index is 6.21. The van der Waals surface area contributed by atoms with Crippen LogP contribution in [0.4, 0.5) is 5.69 Å². The number of pyridine rings is 1. The van der Waals surface area contributed by atoms with Crippen molar-refractivity contribution < 1.29 is 4.74 Å². The molecular weight excluding hydrogens is 344 g/mol. The van der Waals surface area contributed by atoms with Gasteiger partial charge >= 0.3 is 0 Å². The van der Waals surface area contributed by atoms with Crippen LogP contribution in [0.5, 0.6) is 5.75 Å². The van der Waals surface area contributed by atoms with Crippen molar-refractivity contribution in [3.63, 3.8) is 0 Å². The summed E-state index contributed by atoms with van der Waals surface area (Å²) < 4.78 is 6.03. The van der Waals surface area contributed by atoms with Crippen molar-refractivity contribution in [2.75, 3.05) is 5.73 Å². The Labute approximate surface area is 158 Å². The van der Waals surface area contributed by atoms with E-state index in [9.17, 15) is 0 Å². The van der Waals surface area contributed by atoms with E-state index in [1.807, 2.05) is 42.5 Å². The first-order valence-electron chi connectivity index (χ1n) is 8.63. The quantitative estimate of drug-likeness (QED) is 0.605. The molecule has 0 amide bonds. The number of fused-ring (bicyclic) bond motifs is 2. The van der Waals surface area contributed by atoms with E-state index in [0.717, 1.165) is 45.8 Å². The Balaban J connectivity index is 2.07. The lowest BCUT2D eigenvalue weighted by molar-refractivity contribution is 0.302. The van der Waals surface area contributed by atoms with Crippen molar-refractivity contribution in [3.05, 3.63) is 88.2 Å². The topological polar surface area (TPSA) is 48.1 Å². The van der Waals surface area contributed by atoms with Gasteiger partial charge in [-0.2, -0.15) is 0 Å². The lowest BCUT2D eigenvalue weighted by atomic mass is 9.87. The van der Waals surface area contributed by atoms with E-state index in [1.54, 1.807) is 6.20 Å². The molecule has 26 heavy (non-hydrogen) atoms. The zero-order valence-electron chi connectivity index (χ0n) is 14.5. The predicted molar refractivity (Wildman–Crippen MR) is 107 cm³/mol. The summed E-state index contributed by atoms with van der Waals surface area (Å²) in [4.78, 5) is 4.55. The van der Waals surface area contributed by atoms with Crippen LogP contribution in [0.25, 0.3) is 11.1 Å². The second-order valence-electron chi connectivity index (χ2n) is 6.26. The van der Waals surface area contributed by atoms with Gasteiger partial charge in [0.1, 0.15) is 12.4 Å². The molecule has 1 aliphatic rings. The van der Waals surface area contributed by atoms with E-state index in [0.29, 0.717) is 11.6 Å². The number of aromatic nitrogens is 1. The van der Waals surface area contributed by atoms with Gasteiger partial charge in [-0.3, -0.25) is 4.98 Å². The fourth-order valence-electron chi connectivity index (χ4n) is 3.47. The molecule has 0 unspecified atom stereocenters. The van der Waals surface area contributed by atoms with Crippen LogP contribution in [0.1, 0.15) is 35.7 Å². The van der Waals surface area contributed by atoms with Crippen LogP contribution in [0.3, 0.4) is 0 Å². The smallest absolute Gasteiger partial charge is 0.131 e. The standard InChI is InChI=1S/C22H19ClN2O/c1-2-17(14-5-3-6-16(24)11-14)22-18-7-4-10-25-20(18)13-26-21-12-15(23)8-9-19(21)22/h3-12H,2,13,24H2,1H3. The van der Waals surface area contributed by atoms with Crippen molar-refractivity contribution in [1.82, 2.24) is 4.98 Å². The van der Waals surface area contributed by atoms with Gasteiger partial charge in [-0.05, 0) is 59.5 Å². The molecule has 0 spiro atoms. The van der Waals surface area contributed by atoms with Crippen LogP contribution < -0.4 is 10.5 Å². The molecule has 2 N–H and O–H groups in total. The third-order valence-corrected chi connectivity index (χ3v) is 4.86. The molecule has 2 aromatic carbocycles. The van der Waals surface area contributed by atoms with Gasteiger partial charge in [0.05, 0.1) is 5.69 Å². The number of hydrogen-bond donors (Lipinski definition) is 1. The number of nitrogens with zero attached hydrogens (tertiary/aromatic N) is 1. The molecule has 130 valence electrons. The second kappa shape index (κ2) is 6.85. The monoisotopic (exact) mass is 362 g/mol. The highest BCUT2D eigenvalue weighted by Crippen LogP contribution is 2.42. The zero-order chi connectivity index (χ0) is 18.1. The first kappa shape index (κ1) is 16.7. The number of hydrogen-bond acceptors (Lipinski definition) is 3. The highest BCUT2D eigenvalue weighted by atomic mass is 35.5. The minimum atomic E-state index is 0.418. The van der Waals surface area contributed by atoms with Crippen LogP contribution >= 0.6 is 11.6 Å². The Morgan fingerprint density at radius 1 is 1.12 bits per heavy atom. The van der Waals surface area contributed by atoms with Gasteiger partial charge in [-0.15, -0.1) is 0 Å². The fourth-order valence-corrected chi connectivity index (χ4v) is 3.63. The van der Waals surface area contributed by atoms with Crippen molar-refractivity contribution in [2.45, 2.75) is 20.0 Å². The summed E-state index contributed by atoms with van der Waals surface area (Å²) in [5, 5.41) is 0.656. The summed E-state index contributed by atoms with van der Waals surface area (Å²) in [7, 11) is 0. The minimum Gasteiger partial charge on any atom is -0.487 e. The Bertz CT molecular complexity index is 1010. The van der Waals surface area contributed by atoms with Gasteiger partial charge in [0, 0.05) is 28.0 Å². The number of allylic oxidation sites excluding steroid dienone is 1. The molecule has 0 aliphatic carbocycles. The lowest BCUT2D eigenvalue weighted by Crippen LogP contribution is -1.99. The number of anilines is 1. The number of ether oxygens (including phenoxy) is 1. The Morgan fingerprint density at radius 2 is 2.00 bits per heavy atom. The van der Waals surface area contributed by atoms with Crippen molar-refractivity contribution in [2.24, 2.45) is 0 Å². The SMILES string of the molecule is CCC(=C1c2ccc(Cl)cc2OCc2ncccc21)c1cccc(N)c1. The fraction of sp³-hybridized carbons (Fsp3) is 0.136. The second-order valence-corrected chi connectivity index (χ2v) is 6.70. The molecular formula is C22H19ClN2O. The largest absolute Gasteiger partial charge is 0.487 e. The lowest BCUT2D eigenvalue weighted by Gasteiger charge is -2.17. The molecule has 0 radical (unpaired) electrons. The van der Waals surface area contributed by atoms with E-state index < -0.39 is 0 Å². The minimum absolute atomic E-state index is 0.418. The summed E-state index contributed by atoms with van der Waals surface area (Å²) >= 11 is 6.21. The van der Waals surface area contributed by atoms with E-state index in [1.165, 1.54) is 5.57 Å². The maximum atomic E-state index is 6.21. The van der Waals surface area contributed by atoms with Crippen LogP contribution in [-0.4, -0.2) is 4.98 Å². The molecule has 0 atom stereocenters. The average molecular weight is 363 g/mol. The first-order valence-corrected chi connectivity index (χ1v) is 9.01. The summed E-state index contributed by atoms with van der Waals surface area (Å²) in [6.45, 7) is 2.57. The summed E-state index contributed by atoms with van der Waals surface area (Å²) in [6.07, 6.45) is 2.66. The molecule has 0 bridgehead atoms. The van der Waals surface area contributed by atoms with Crippen LogP contribution in [0, 0.1) is 0 Å². The van der Waals surface area contributed by atoms with Crippen molar-refractivity contribution in [1.29, 1.82) is 0 Å². The number of rotatable bonds is 2. The van der Waals surface area contributed by atoms with Gasteiger partial charge in [0.15, 0.2) is 0 Å². The number of nitrogen functional groups attached to an aromatic ring is 1. The maximum Gasteiger partial charge on any atom is 0.131 e. The molecule has 0 fully saturated rings. The Kier molecular flexibility index (Phi) is 4.39. The molecule has 3 nitrogen and oxygen atoms in total. The molecule has 0 saturated heterocycles.